The summed E-state index contributed by atoms with van der Waals surface area (Å²) in [5, 5.41) is 3.83. The monoisotopic (exact) mass is 381 g/mol. The Balaban J connectivity index is 1.89. The van der Waals surface area contributed by atoms with Gasteiger partial charge in [0.25, 0.3) is 0 Å². The van der Waals surface area contributed by atoms with Crippen LogP contribution in [0.5, 0.6) is 0 Å². The van der Waals surface area contributed by atoms with Crippen LogP contribution in [0.25, 0.3) is 0 Å². The van der Waals surface area contributed by atoms with Crippen molar-refractivity contribution in [3.05, 3.63) is 91.0 Å². The molecule has 4 rings (SSSR count). The van der Waals surface area contributed by atoms with E-state index in [-0.39, 0.29) is 5.92 Å². The molecule has 1 unspecified atom stereocenters. The second kappa shape index (κ2) is 7.90. The highest BCUT2D eigenvalue weighted by Gasteiger charge is 2.49. The Kier molecular flexibility index (Phi) is 5.36. The highest BCUT2D eigenvalue weighted by atomic mass is 31.2. The molecule has 3 aromatic rings. The van der Waals surface area contributed by atoms with Crippen LogP contribution >= 0.6 is 7.26 Å². The van der Waals surface area contributed by atoms with Gasteiger partial charge in [-0.1, -0.05) is 54.6 Å². The smallest absolute Gasteiger partial charge is 0.132 e. The molecule has 0 N–H and O–H groups in total. The van der Waals surface area contributed by atoms with Crippen molar-refractivity contribution in [2.24, 2.45) is 5.92 Å². The van der Waals surface area contributed by atoms with E-state index < -0.39 is 19.6 Å². The van der Waals surface area contributed by atoms with Crippen LogP contribution in [0.1, 0.15) is 12.8 Å². The minimum absolute atomic E-state index is 0.0592. The summed E-state index contributed by atoms with van der Waals surface area (Å²) in [6, 6.07) is 31.6. The fourth-order valence-corrected chi connectivity index (χ4v) is 9.02. The van der Waals surface area contributed by atoms with Gasteiger partial charge in [0.1, 0.15) is 35.5 Å². The van der Waals surface area contributed by atoms with E-state index in [1.807, 2.05) is 18.2 Å². The van der Waals surface area contributed by atoms with E-state index in [9.17, 15) is 8.78 Å². The van der Waals surface area contributed by atoms with Gasteiger partial charge in [-0.25, -0.2) is 8.78 Å². The van der Waals surface area contributed by atoms with Gasteiger partial charge in [0, 0.05) is 0 Å². The predicted molar refractivity (Wildman–Crippen MR) is 113 cm³/mol. The van der Waals surface area contributed by atoms with E-state index in [1.165, 1.54) is 15.9 Å². The van der Waals surface area contributed by atoms with Gasteiger partial charge in [-0.3, -0.25) is 0 Å². The number of hydrogen-bond acceptors (Lipinski definition) is 0. The standard InChI is InChI=1S/C24H24F2P/c25-23-16-19(17-24(23)26)18-27(20-10-4-1-5-11-20,21-12-6-2-7-13-21)22-14-8-3-9-15-22/h1-15,19,23-24H,16-18H2/q+1/t19?,23-,24+. The van der Waals surface area contributed by atoms with Crippen LogP contribution in [-0.4, -0.2) is 18.5 Å². The van der Waals surface area contributed by atoms with Crippen molar-refractivity contribution in [1.82, 2.24) is 0 Å². The fraction of sp³-hybridized carbons (Fsp3) is 0.250. The molecule has 1 saturated carbocycles. The first-order valence-corrected chi connectivity index (χ1v) is 11.5. The molecule has 138 valence electrons. The number of alkyl halides is 2. The Morgan fingerprint density at radius 3 is 1.26 bits per heavy atom. The van der Waals surface area contributed by atoms with E-state index in [0.717, 1.165) is 6.16 Å². The molecule has 1 fully saturated rings. The molecule has 0 radical (unpaired) electrons. The molecule has 0 amide bonds. The summed E-state index contributed by atoms with van der Waals surface area (Å²) in [6.07, 6.45) is -1.17. The molecule has 27 heavy (non-hydrogen) atoms. The normalized spacial score (nSPS) is 22.7. The van der Waals surface area contributed by atoms with Crippen LogP contribution in [0.3, 0.4) is 0 Å². The van der Waals surface area contributed by atoms with E-state index >= 15 is 0 Å². The van der Waals surface area contributed by atoms with Crippen molar-refractivity contribution in [1.29, 1.82) is 0 Å². The molecule has 3 heteroatoms. The Labute approximate surface area is 160 Å². The van der Waals surface area contributed by atoms with Gasteiger partial charge in [0.05, 0.1) is 6.16 Å². The van der Waals surface area contributed by atoms with Gasteiger partial charge in [0.2, 0.25) is 0 Å². The van der Waals surface area contributed by atoms with Crippen molar-refractivity contribution in [3.63, 3.8) is 0 Å². The average molecular weight is 381 g/mol. The summed E-state index contributed by atoms with van der Waals surface area (Å²) >= 11 is 0. The Morgan fingerprint density at radius 1 is 0.593 bits per heavy atom. The first kappa shape index (κ1) is 18.3. The largest absolute Gasteiger partial charge is 0.244 e. The number of rotatable bonds is 5. The van der Waals surface area contributed by atoms with Crippen LogP contribution in [0.15, 0.2) is 91.0 Å². The van der Waals surface area contributed by atoms with Crippen LogP contribution in [0.4, 0.5) is 8.78 Å². The summed E-state index contributed by atoms with van der Waals surface area (Å²) in [6.45, 7) is 0. The lowest BCUT2D eigenvalue weighted by molar-refractivity contribution is 0.199. The number of halogens is 2. The molecule has 3 aromatic carbocycles. The molecule has 0 saturated heterocycles. The quantitative estimate of drug-likeness (QED) is 0.542. The third kappa shape index (κ3) is 3.56. The van der Waals surface area contributed by atoms with Gasteiger partial charge >= 0.3 is 0 Å². The SMILES string of the molecule is F[C@@H]1CC(C[P+](c2ccccc2)(c2ccccc2)c2ccccc2)C[C@@H]1F. The van der Waals surface area contributed by atoms with Gasteiger partial charge < -0.3 is 0 Å². The minimum Gasteiger partial charge on any atom is -0.244 e. The summed E-state index contributed by atoms with van der Waals surface area (Å²) < 4.78 is 28.0. The summed E-state index contributed by atoms with van der Waals surface area (Å²) in [5.41, 5.74) is 0. The lowest BCUT2D eigenvalue weighted by atomic mass is 10.1. The zero-order valence-electron chi connectivity index (χ0n) is 15.2. The second-order valence-corrected chi connectivity index (χ2v) is 10.9. The first-order valence-electron chi connectivity index (χ1n) is 9.53. The average Bonchev–Trinajstić information content (AvgIpc) is 3.05. The molecule has 0 nitrogen and oxygen atoms in total. The maximum absolute atomic E-state index is 14.0. The highest BCUT2D eigenvalue weighted by molar-refractivity contribution is 7.95. The third-order valence-corrected chi connectivity index (χ3v) is 10.2. The van der Waals surface area contributed by atoms with Gasteiger partial charge in [-0.15, -0.1) is 0 Å². The fourth-order valence-electron chi connectivity index (χ4n) is 4.38. The van der Waals surface area contributed by atoms with E-state index in [4.69, 9.17) is 0 Å². The number of benzene rings is 3. The molecule has 0 bridgehead atoms. The van der Waals surface area contributed by atoms with Gasteiger partial charge in [-0.2, -0.15) is 0 Å². The molecule has 0 heterocycles. The van der Waals surface area contributed by atoms with Crippen molar-refractivity contribution >= 4 is 23.2 Å². The Morgan fingerprint density at radius 2 is 0.926 bits per heavy atom. The predicted octanol–water partition coefficient (Wildman–Crippen LogP) is 5.07. The molecule has 0 aliphatic heterocycles. The minimum atomic E-state index is -1.99. The highest BCUT2D eigenvalue weighted by Crippen LogP contribution is 2.58. The molecule has 1 aliphatic rings. The van der Waals surface area contributed by atoms with Crippen LogP contribution in [0.2, 0.25) is 0 Å². The molecular formula is C24H24F2P+. The lowest BCUT2D eigenvalue weighted by Crippen LogP contribution is -2.35. The zero-order valence-corrected chi connectivity index (χ0v) is 16.1. The molecule has 0 aromatic heterocycles. The second-order valence-electron chi connectivity index (χ2n) is 7.37. The summed E-state index contributed by atoms with van der Waals surface area (Å²) in [5.74, 6) is 0.0592. The molecule has 3 atom stereocenters. The first-order chi connectivity index (χ1) is 13.2. The third-order valence-electron chi connectivity index (χ3n) is 5.63. The van der Waals surface area contributed by atoms with Crippen molar-refractivity contribution < 1.29 is 8.78 Å². The Bertz CT molecular complexity index is 745. The van der Waals surface area contributed by atoms with E-state index in [0.29, 0.717) is 12.8 Å². The molecule has 1 aliphatic carbocycles. The summed E-state index contributed by atoms with van der Waals surface area (Å²) in [7, 11) is -1.99. The van der Waals surface area contributed by atoms with E-state index in [1.54, 1.807) is 0 Å². The van der Waals surface area contributed by atoms with Crippen LogP contribution < -0.4 is 15.9 Å². The molecule has 0 spiro atoms. The topological polar surface area (TPSA) is 0 Å². The van der Waals surface area contributed by atoms with Crippen molar-refractivity contribution in [2.45, 2.75) is 25.2 Å². The summed E-state index contributed by atoms with van der Waals surface area (Å²) in [4.78, 5) is 0. The maximum Gasteiger partial charge on any atom is 0.132 e. The van der Waals surface area contributed by atoms with E-state index in [2.05, 4.69) is 72.8 Å². The lowest BCUT2D eigenvalue weighted by Gasteiger charge is -2.29. The van der Waals surface area contributed by atoms with Crippen molar-refractivity contribution in [3.8, 4) is 0 Å². The van der Waals surface area contributed by atoms with Crippen LogP contribution in [0, 0.1) is 5.92 Å². The van der Waals surface area contributed by atoms with Gasteiger partial charge in [0.15, 0.2) is 0 Å². The van der Waals surface area contributed by atoms with Crippen LogP contribution in [-0.2, 0) is 0 Å². The Hall–Kier alpha value is -2.05. The zero-order chi connectivity index (χ0) is 18.7. The maximum atomic E-state index is 14.0. The van der Waals surface area contributed by atoms with Gasteiger partial charge in [-0.05, 0) is 55.2 Å². The molecular weight excluding hydrogens is 357 g/mol. The number of hydrogen-bond donors (Lipinski definition) is 0. The van der Waals surface area contributed by atoms with Crippen molar-refractivity contribution in [2.75, 3.05) is 6.16 Å².